The zero-order valence-electron chi connectivity index (χ0n) is 17.3. The number of hydrogen-bond donors (Lipinski definition) is 1. The van der Waals surface area contributed by atoms with Crippen LogP contribution in [-0.4, -0.2) is 18.0 Å². The zero-order chi connectivity index (χ0) is 22.0. The van der Waals surface area contributed by atoms with E-state index in [1.54, 1.807) is 37.4 Å². The molecule has 0 aliphatic carbocycles. The van der Waals surface area contributed by atoms with Crippen molar-refractivity contribution in [3.8, 4) is 5.75 Å². The summed E-state index contributed by atoms with van der Waals surface area (Å²) in [5, 5.41) is 4.11. The van der Waals surface area contributed by atoms with Gasteiger partial charge < -0.3 is 14.5 Å². The highest BCUT2D eigenvalue weighted by atomic mass is 35.5. The van der Waals surface area contributed by atoms with Gasteiger partial charge in [-0.25, -0.2) is 9.98 Å². The van der Waals surface area contributed by atoms with E-state index in [1.165, 1.54) is 0 Å². The number of carbonyl (C=O) groups excluding carboxylic acids is 1. The first-order valence-electron chi connectivity index (χ1n) is 9.62. The summed E-state index contributed by atoms with van der Waals surface area (Å²) >= 11 is 6.25. The molecule has 2 aromatic heterocycles. The Bertz CT molecular complexity index is 1360. The number of amides is 1. The van der Waals surface area contributed by atoms with Gasteiger partial charge in [0.25, 0.3) is 5.91 Å². The van der Waals surface area contributed by atoms with E-state index in [4.69, 9.17) is 20.8 Å². The Morgan fingerprint density at radius 1 is 1.10 bits per heavy atom. The van der Waals surface area contributed by atoms with Crippen molar-refractivity contribution in [2.45, 2.75) is 13.8 Å². The number of halogens is 1. The fourth-order valence-corrected chi connectivity index (χ4v) is 3.32. The third kappa shape index (κ3) is 4.29. The average molecular weight is 434 g/mol. The molecule has 2 aromatic carbocycles. The number of benzene rings is 2. The molecule has 0 spiro atoms. The number of ether oxygens (including phenoxy) is 1. The van der Waals surface area contributed by atoms with E-state index in [9.17, 15) is 4.79 Å². The number of rotatable bonds is 4. The molecule has 0 saturated carbocycles. The number of pyridine rings is 1. The predicted octanol–water partition coefficient (Wildman–Crippen LogP) is 5.59. The van der Waals surface area contributed by atoms with Crippen LogP contribution in [0.2, 0.25) is 5.02 Å². The second-order valence-electron chi connectivity index (χ2n) is 6.96. The molecule has 4 aromatic rings. The molecule has 0 atom stereocenters. The minimum Gasteiger partial charge on any atom is -0.493 e. The van der Waals surface area contributed by atoms with Crippen LogP contribution in [0.15, 0.2) is 70.1 Å². The largest absolute Gasteiger partial charge is 0.493 e. The number of methoxy groups -OCH3 is 1. The Labute approximate surface area is 184 Å². The second kappa shape index (κ2) is 8.62. The average Bonchev–Trinajstić information content (AvgIpc) is 2.76. The minimum absolute atomic E-state index is 0.146. The van der Waals surface area contributed by atoms with E-state index in [-0.39, 0.29) is 17.0 Å². The Morgan fingerprint density at radius 2 is 1.87 bits per heavy atom. The van der Waals surface area contributed by atoms with Gasteiger partial charge in [-0.1, -0.05) is 35.9 Å². The molecular weight excluding hydrogens is 414 g/mol. The maximum Gasteiger partial charge on any atom is 0.262 e. The molecule has 1 amide bonds. The molecule has 1 N–H and O–H groups in total. The van der Waals surface area contributed by atoms with E-state index >= 15 is 0 Å². The van der Waals surface area contributed by atoms with Crippen molar-refractivity contribution in [3.05, 3.63) is 88.1 Å². The maximum atomic E-state index is 13.2. The van der Waals surface area contributed by atoms with E-state index in [0.717, 1.165) is 11.3 Å². The first kappa shape index (κ1) is 20.6. The standard InChI is InChI=1S/C24H20ClN3O3/c1-14-7-4-12-21(26-14)28-23(29)17-13-16-8-5-11-20(30-3)22(16)31-24(17)27-19-10-6-9-18(25)15(19)2/h4-13H,1-3H3,(H,26,28,29). The third-order valence-corrected chi connectivity index (χ3v) is 5.20. The number of fused-ring (bicyclic) bond motifs is 1. The highest BCUT2D eigenvalue weighted by molar-refractivity contribution is 6.31. The summed E-state index contributed by atoms with van der Waals surface area (Å²) in [6, 6.07) is 18.0. The summed E-state index contributed by atoms with van der Waals surface area (Å²) in [5.74, 6) is 0.606. The number of aryl methyl sites for hydroxylation is 1. The van der Waals surface area contributed by atoms with Crippen LogP contribution in [0, 0.1) is 13.8 Å². The maximum absolute atomic E-state index is 13.2. The molecule has 7 heteroatoms. The first-order valence-corrected chi connectivity index (χ1v) is 10.00. The summed E-state index contributed by atoms with van der Waals surface area (Å²) in [7, 11) is 1.56. The van der Waals surface area contributed by atoms with Crippen molar-refractivity contribution in [3.63, 3.8) is 0 Å². The van der Waals surface area contributed by atoms with Crippen molar-refractivity contribution in [2.75, 3.05) is 12.4 Å². The monoisotopic (exact) mass is 433 g/mol. The quantitative estimate of drug-likeness (QED) is 0.455. The lowest BCUT2D eigenvalue weighted by Gasteiger charge is -2.09. The summed E-state index contributed by atoms with van der Waals surface area (Å²) < 4.78 is 11.5. The summed E-state index contributed by atoms with van der Waals surface area (Å²) in [6.45, 7) is 3.72. The second-order valence-corrected chi connectivity index (χ2v) is 7.37. The molecule has 156 valence electrons. The molecule has 4 rings (SSSR count). The van der Waals surface area contributed by atoms with Crippen LogP contribution >= 0.6 is 11.6 Å². The van der Waals surface area contributed by atoms with Gasteiger partial charge in [0.05, 0.1) is 12.8 Å². The molecule has 0 bridgehead atoms. The van der Waals surface area contributed by atoms with Gasteiger partial charge in [0.15, 0.2) is 11.3 Å². The molecular formula is C24H20ClN3O3. The highest BCUT2D eigenvalue weighted by Crippen LogP contribution is 2.27. The molecule has 0 unspecified atom stereocenters. The number of hydrogen-bond acceptors (Lipinski definition) is 5. The molecule has 6 nitrogen and oxygen atoms in total. The summed E-state index contributed by atoms with van der Waals surface area (Å²) in [6.07, 6.45) is 0. The van der Waals surface area contributed by atoms with Gasteiger partial charge in [-0.2, -0.15) is 0 Å². The van der Waals surface area contributed by atoms with Crippen molar-refractivity contribution < 1.29 is 13.9 Å². The molecule has 0 aliphatic heterocycles. The Hall–Kier alpha value is -3.64. The van der Waals surface area contributed by atoms with Crippen LogP contribution in [0.3, 0.4) is 0 Å². The number of nitrogens with zero attached hydrogens (tertiary/aromatic N) is 2. The summed E-state index contributed by atoms with van der Waals surface area (Å²) in [4.78, 5) is 22.1. The number of carbonyl (C=O) groups is 1. The minimum atomic E-state index is -0.384. The van der Waals surface area contributed by atoms with E-state index in [1.807, 2.05) is 44.2 Å². The van der Waals surface area contributed by atoms with Crippen molar-refractivity contribution >= 4 is 40.0 Å². The number of aromatic nitrogens is 1. The Balaban J connectivity index is 1.92. The van der Waals surface area contributed by atoms with Crippen LogP contribution in [0.1, 0.15) is 21.6 Å². The predicted molar refractivity (Wildman–Crippen MR) is 121 cm³/mol. The van der Waals surface area contributed by atoms with E-state index in [2.05, 4.69) is 15.3 Å². The molecule has 0 radical (unpaired) electrons. The van der Waals surface area contributed by atoms with Crippen LogP contribution in [0.4, 0.5) is 11.5 Å². The van der Waals surface area contributed by atoms with Gasteiger partial charge in [-0.05, 0) is 55.8 Å². The molecule has 0 saturated heterocycles. The van der Waals surface area contributed by atoms with E-state index in [0.29, 0.717) is 33.2 Å². The van der Waals surface area contributed by atoms with Gasteiger partial charge in [0, 0.05) is 16.1 Å². The number of anilines is 1. The Kier molecular flexibility index (Phi) is 5.73. The van der Waals surface area contributed by atoms with Crippen LogP contribution < -0.4 is 15.6 Å². The lowest BCUT2D eigenvalue weighted by atomic mass is 10.1. The van der Waals surface area contributed by atoms with Crippen molar-refractivity contribution in [1.29, 1.82) is 0 Å². The van der Waals surface area contributed by atoms with Gasteiger partial charge in [-0.3, -0.25) is 4.79 Å². The van der Waals surface area contributed by atoms with Gasteiger partial charge in [0.2, 0.25) is 5.55 Å². The lowest BCUT2D eigenvalue weighted by molar-refractivity contribution is 0.102. The van der Waals surface area contributed by atoms with Gasteiger partial charge in [0.1, 0.15) is 11.4 Å². The van der Waals surface area contributed by atoms with Crippen molar-refractivity contribution in [1.82, 2.24) is 4.98 Å². The number of para-hydroxylation sites is 1. The third-order valence-electron chi connectivity index (χ3n) is 4.79. The fraction of sp³-hybridized carbons (Fsp3) is 0.125. The van der Waals surface area contributed by atoms with Gasteiger partial charge >= 0.3 is 0 Å². The van der Waals surface area contributed by atoms with E-state index < -0.39 is 0 Å². The smallest absolute Gasteiger partial charge is 0.262 e. The Morgan fingerprint density at radius 3 is 2.65 bits per heavy atom. The first-order chi connectivity index (χ1) is 15.0. The SMILES string of the molecule is COc1cccc2cc(C(=O)Nc3cccc(C)n3)c(=Nc3cccc(Cl)c3C)oc12. The highest BCUT2D eigenvalue weighted by Gasteiger charge is 2.16. The zero-order valence-corrected chi connectivity index (χ0v) is 18.0. The van der Waals surface area contributed by atoms with Crippen LogP contribution in [-0.2, 0) is 0 Å². The summed E-state index contributed by atoms with van der Waals surface area (Å²) in [5.41, 5.74) is 3.09. The molecule has 0 fully saturated rings. The van der Waals surface area contributed by atoms with Gasteiger partial charge in [-0.15, -0.1) is 0 Å². The fourth-order valence-electron chi connectivity index (χ4n) is 3.15. The van der Waals surface area contributed by atoms with Crippen LogP contribution in [0.5, 0.6) is 5.75 Å². The molecule has 0 aliphatic rings. The normalized spacial score (nSPS) is 11.5. The van der Waals surface area contributed by atoms with Crippen LogP contribution in [0.25, 0.3) is 11.0 Å². The topological polar surface area (TPSA) is 76.7 Å². The lowest BCUT2D eigenvalue weighted by Crippen LogP contribution is -2.22. The molecule has 2 heterocycles. The number of nitrogens with one attached hydrogen (secondary N) is 1. The van der Waals surface area contributed by atoms with Crippen molar-refractivity contribution in [2.24, 2.45) is 4.99 Å². The molecule has 31 heavy (non-hydrogen) atoms.